The second-order valence-corrected chi connectivity index (χ2v) is 5.40. The molecule has 2 aromatic rings. The number of carbonyl (C=O) groups is 2. The number of halogens is 2. The highest BCUT2D eigenvalue weighted by atomic mass is 35.5. The SMILES string of the molecule is O=C1NC(=O)N(/N=C\c2ccc(-c3ccc(Cl)c(Cl)c3)o2)[C@H]1O. The monoisotopic (exact) mass is 353 g/mol. The number of furan rings is 1. The van der Waals surface area contributed by atoms with Crippen molar-refractivity contribution in [2.75, 3.05) is 0 Å². The van der Waals surface area contributed by atoms with Crippen LogP contribution < -0.4 is 5.32 Å². The van der Waals surface area contributed by atoms with Gasteiger partial charge in [-0.05, 0) is 30.3 Å². The standard InChI is InChI=1S/C14H9Cl2N3O4/c15-9-3-1-7(5-10(9)16)11-4-2-8(23-11)6-17-19-13(21)12(20)18-14(19)22/h1-6,13,21H,(H,18,20,22)/b17-6-/t13-/m0/s1. The zero-order valence-corrected chi connectivity index (χ0v) is 12.9. The Bertz CT molecular complexity index is 818. The third-order valence-electron chi connectivity index (χ3n) is 3.04. The molecular weight excluding hydrogens is 345 g/mol. The molecule has 3 rings (SSSR count). The van der Waals surface area contributed by atoms with Crippen molar-refractivity contribution in [1.29, 1.82) is 0 Å². The molecule has 0 saturated carbocycles. The summed E-state index contributed by atoms with van der Waals surface area (Å²) in [5, 5.41) is 16.6. The number of amides is 3. The number of benzene rings is 1. The van der Waals surface area contributed by atoms with Crippen LogP contribution in [0.4, 0.5) is 4.79 Å². The summed E-state index contributed by atoms with van der Waals surface area (Å²) in [6.45, 7) is 0. The van der Waals surface area contributed by atoms with Crippen LogP contribution in [0, 0.1) is 0 Å². The van der Waals surface area contributed by atoms with Crippen molar-refractivity contribution < 1.29 is 19.1 Å². The van der Waals surface area contributed by atoms with Crippen LogP contribution in [-0.2, 0) is 4.79 Å². The molecule has 118 valence electrons. The van der Waals surface area contributed by atoms with Crippen LogP contribution in [0.15, 0.2) is 39.9 Å². The quantitative estimate of drug-likeness (QED) is 0.654. The minimum Gasteiger partial charge on any atom is -0.455 e. The number of nitrogens with zero attached hydrogens (tertiary/aromatic N) is 2. The fourth-order valence-electron chi connectivity index (χ4n) is 1.91. The third kappa shape index (κ3) is 3.07. The van der Waals surface area contributed by atoms with Gasteiger partial charge in [0.2, 0.25) is 6.23 Å². The Kier molecular flexibility index (Phi) is 4.08. The minimum absolute atomic E-state index is 0.324. The van der Waals surface area contributed by atoms with Gasteiger partial charge in [0.1, 0.15) is 11.5 Å². The highest BCUT2D eigenvalue weighted by molar-refractivity contribution is 6.42. The van der Waals surface area contributed by atoms with E-state index in [9.17, 15) is 14.7 Å². The molecule has 0 spiro atoms. The number of carbonyl (C=O) groups excluding carboxylic acids is 2. The molecule has 1 aliphatic heterocycles. The number of rotatable bonds is 3. The molecule has 1 aromatic carbocycles. The molecule has 0 bridgehead atoms. The van der Waals surface area contributed by atoms with Crippen LogP contribution in [-0.4, -0.2) is 34.5 Å². The van der Waals surface area contributed by atoms with E-state index in [0.29, 0.717) is 32.1 Å². The van der Waals surface area contributed by atoms with E-state index in [1.54, 1.807) is 30.3 Å². The summed E-state index contributed by atoms with van der Waals surface area (Å²) in [5.41, 5.74) is 0.716. The van der Waals surface area contributed by atoms with Crippen LogP contribution in [0.2, 0.25) is 10.0 Å². The van der Waals surface area contributed by atoms with Crippen LogP contribution in [0.5, 0.6) is 0 Å². The number of hydrogen-bond donors (Lipinski definition) is 2. The van der Waals surface area contributed by atoms with Crippen molar-refractivity contribution in [3.8, 4) is 11.3 Å². The maximum atomic E-state index is 11.4. The predicted octanol–water partition coefficient (Wildman–Crippen LogP) is 2.46. The van der Waals surface area contributed by atoms with Crippen LogP contribution in [0.3, 0.4) is 0 Å². The smallest absolute Gasteiger partial charge is 0.347 e. The van der Waals surface area contributed by atoms with Gasteiger partial charge in [-0.1, -0.05) is 23.2 Å². The molecule has 9 heteroatoms. The summed E-state index contributed by atoms with van der Waals surface area (Å²) in [6, 6.07) is 7.53. The molecule has 7 nitrogen and oxygen atoms in total. The van der Waals surface area contributed by atoms with Crippen molar-refractivity contribution in [3.63, 3.8) is 0 Å². The predicted molar refractivity (Wildman–Crippen MR) is 83.1 cm³/mol. The topological polar surface area (TPSA) is 95.1 Å². The van der Waals surface area contributed by atoms with Gasteiger partial charge in [0.25, 0.3) is 5.91 Å². The fraction of sp³-hybridized carbons (Fsp3) is 0.0714. The zero-order chi connectivity index (χ0) is 16.6. The molecule has 0 radical (unpaired) electrons. The van der Waals surface area contributed by atoms with E-state index in [1.165, 1.54) is 6.21 Å². The number of hydrogen-bond acceptors (Lipinski definition) is 5. The zero-order valence-electron chi connectivity index (χ0n) is 11.4. The normalized spacial score (nSPS) is 18.0. The summed E-state index contributed by atoms with van der Waals surface area (Å²) in [5.74, 6) is 0.0148. The fourth-order valence-corrected chi connectivity index (χ4v) is 2.21. The van der Waals surface area contributed by atoms with E-state index >= 15 is 0 Å². The van der Waals surface area contributed by atoms with E-state index in [4.69, 9.17) is 27.6 Å². The summed E-state index contributed by atoms with van der Waals surface area (Å²) in [6.07, 6.45) is -0.439. The third-order valence-corrected chi connectivity index (χ3v) is 3.78. The van der Waals surface area contributed by atoms with Crippen molar-refractivity contribution in [3.05, 3.63) is 46.1 Å². The summed E-state index contributed by atoms with van der Waals surface area (Å²) in [4.78, 5) is 22.5. The van der Waals surface area contributed by atoms with Crippen LogP contribution in [0.25, 0.3) is 11.3 Å². The Morgan fingerprint density at radius 2 is 2.00 bits per heavy atom. The number of nitrogens with one attached hydrogen (secondary N) is 1. The molecule has 2 heterocycles. The van der Waals surface area contributed by atoms with Crippen molar-refractivity contribution in [1.82, 2.24) is 10.3 Å². The molecule has 3 amide bonds. The Morgan fingerprint density at radius 3 is 2.65 bits per heavy atom. The van der Waals surface area contributed by atoms with Gasteiger partial charge in [-0.15, -0.1) is 0 Å². The van der Waals surface area contributed by atoms with Gasteiger partial charge in [-0.25, -0.2) is 4.79 Å². The molecule has 1 atom stereocenters. The average molecular weight is 354 g/mol. The summed E-state index contributed by atoms with van der Waals surface area (Å²) >= 11 is 11.8. The maximum Gasteiger partial charge on any atom is 0.347 e. The lowest BCUT2D eigenvalue weighted by atomic mass is 10.2. The number of imide groups is 1. The molecule has 23 heavy (non-hydrogen) atoms. The van der Waals surface area contributed by atoms with Gasteiger partial charge in [-0.2, -0.15) is 10.1 Å². The summed E-state index contributed by atoms with van der Waals surface area (Å²) < 4.78 is 5.55. The highest BCUT2D eigenvalue weighted by Crippen LogP contribution is 2.29. The molecule has 1 aliphatic rings. The number of aliphatic hydroxyl groups excluding tert-OH is 1. The lowest BCUT2D eigenvalue weighted by Gasteiger charge is -2.08. The second kappa shape index (κ2) is 6.04. The van der Waals surface area contributed by atoms with E-state index in [0.717, 1.165) is 0 Å². The van der Waals surface area contributed by atoms with Gasteiger partial charge in [0.15, 0.2) is 0 Å². The Labute approximate surface area is 140 Å². The van der Waals surface area contributed by atoms with E-state index in [2.05, 4.69) is 5.10 Å². The van der Waals surface area contributed by atoms with Gasteiger partial charge >= 0.3 is 6.03 Å². The van der Waals surface area contributed by atoms with Crippen LogP contribution in [0.1, 0.15) is 5.76 Å². The Balaban J connectivity index is 1.79. The molecule has 1 fully saturated rings. The lowest BCUT2D eigenvalue weighted by Crippen LogP contribution is -2.30. The average Bonchev–Trinajstić information content (AvgIpc) is 3.07. The first kappa shape index (κ1) is 15.5. The molecule has 2 N–H and O–H groups in total. The van der Waals surface area contributed by atoms with E-state index in [-0.39, 0.29) is 0 Å². The van der Waals surface area contributed by atoms with Gasteiger partial charge in [0.05, 0.1) is 16.3 Å². The Hall–Kier alpha value is -2.35. The number of urea groups is 1. The molecule has 1 saturated heterocycles. The van der Waals surface area contributed by atoms with E-state index in [1.807, 2.05) is 5.32 Å². The van der Waals surface area contributed by atoms with Crippen molar-refractivity contribution in [2.45, 2.75) is 6.23 Å². The van der Waals surface area contributed by atoms with Crippen LogP contribution >= 0.6 is 23.2 Å². The number of hydrazone groups is 1. The first-order valence-electron chi connectivity index (χ1n) is 6.37. The molecule has 0 unspecified atom stereocenters. The van der Waals surface area contributed by atoms with Gasteiger partial charge < -0.3 is 9.52 Å². The summed E-state index contributed by atoms with van der Waals surface area (Å²) in [7, 11) is 0. The first-order chi connectivity index (χ1) is 11.0. The lowest BCUT2D eigenvalue weighted by molar-refractivity contribution is -0.130. The molecule has 1 aromatic heterocycles. The number of aliphatic hydroxyl groups is 1. The van der Waals surface area contributed by atoms with Gasteiger partial charge in [-0.3, -0.25) is 10.1 Å². The molecule has 0 aliphatic carbocycles. The first-order valence-corrected chi connectivity index (χ1v) is 7.12. The maximum absolute atomic E-state index is 11.4. The van der Waals surface area contributed by atoms with Crippen molar-refractivity contribution >= 4 is 41.4 Å². The highest BCUT2D eigenvalue weighted by Gasteiger charge is 2.37. The van der Waals surface area contributed by atoms with E-state index < -0.39 is 18.2 Å². The largest absolute Gasteiger partial charge is 0.455 e. The van der Waals surface area contributed by atoms with Crippen molar-refractivity contribution in [2.24, 2.45) is 5.10 Å². The second-order valence-electron chi connectivity index (χ2n) is 4.59. The Morgan fingerprint density at radius 1 is 1.22 bits per heavy atom. The van der Waals surface area contributed by atoms with Gasteiger partial charge in [0, 0.05) is 5.56 Å². The molecular formula is C14H9Cl2N3O4. The minimum atomic E-state index is -1.65.